The molecular formula is C20H28N2O5. The molecule has 0 bridgehead atoms. The first-order valence-electron chi connectivity index (χ1n) is 9.34. The van der Waals surface area contributed by atoms with Gasteiger partial charge in [0.15, 0.2) is 11.5 Å². The average Bonchev–Trinajstić information content (AvgIpc) is 3.08. The molecular weight excluding hydrogens is 348 g/mol. The fourth-order valence-corrected chi connectivity index (χ4v) is 3.34. The van der Waals surface area contributed by atoms with E-state index in [-0.39, 0.29) is 24.5 Å². The molecule has 0 unspecified atom stereocenters. The van der Waals surface area contributed by atoms with E-state index >= 15 is 0 Å². The number of ether oxygens (including phenoxy) is 3. The van der Waals surface area contributed by atoms with Crippen LogP contribution >= 0.6 is 0 Å². The third kappa shape index (κ3) is 4.84. The van der Waals surface area contributed by atoms with Gasteiger partial charge in [-0.25, -0.2) is 4.79 Å². The summed E-state index contributed by atoms with van der Waals surface area (Å²) in [6, 6.07) is 7.34. The Hall–Kier alpha value is -2.44. The first-order chi connectivity index (χ1) is 12.7. The van der Waals surface area contributed by atoms with Gasteiger partial charge >= 0.3 is 6.09 Å². The van der Waals surface area contributed by atoms with Gasteiger partial charge in [-0.2, -0.15) is 0 Å². The Bertz CT molecular complexity index is 700. The maximum absolute atomic E-state index is 12.7. The van der Waals surface area contributed by atoms with E-state index in [2.05, 4.69) is 0 Å². The molecule has 2 aliphatic rings. The monoisotopic (exact) mass is 376 g/mol. The molecule has 3 rings (SSSR count). The number of hydrogen-bond acceptors (Lipinski definition) is 5. The summed E-state index contributed by atoms with van der Waals surface area (Å²) in [6.45, 7) is 7.59. The van der Waals surface area contributed by atoms with Crippen LogP contribution in [0, 0.1) is 5.92 Å². The van der Waals surface area contributed by atoms with E-state index in [4.69, 9.17) is 14.2 Å². The van der Waals surface area contributed by atoms with Crippen molar-refractivity contribution in [1.29, 1.82) is 0 Å². The highest BCUT2D eigenvalue weighted by atomic mass is 16.6. The Morgan fingerprint density at radius 1 is 1.26 bits per heavy atom. The number of fused-ring (bicyclic) bond motifs is 1. The minimum Gasteiger partial charge on any atom is -0.485 e. The molecule has 0 aliphatic carbocycles. The number of nitrogens with zero attached hydrogens (tertiary/aromatic N) is 2. The lowest BCUT2D eigenvalue weighted by molar-refractivity contribution is -0.140. The summed E-state index contributed by atoms with van der Waals surface area (Å²) in [5.41, 5.74) is -0.503. The Morgan fingerprint density at radius 3 is 2.67 bits per heavy atom. The molecule has 0 radical (unpaired) electrons. The van der Waals surface area contributed by atoms with Gasteiger partial charge in [0, 0.05) is 26.7 Å². The molecule has 1 aromatic rings. The molecule has 2 amide bonds. The standard InChI is InChI=1S/C20H28N2O5/c1-20(2,3)27-19(24)22-10-9-14(12-22)11-21(4)18(23)17-13-25-15-7-5-6-8-16(15)26-17/h5-8,14,17H,9-13H2,1-4H3/t14-,17+/m0/s1. The van der Waals surface area contributed by atoms with Gasteiger partial charge in [0.25, 0.3) is 5.91 Å². The van der Waals surface area contributed by atoms with Crippen molar-refractivity contribution in [2.45, 2.75) is 38.9 Å². The molecule has 0 aromatic heterocycles. The lowest BCUT2D eigenvalue weighted by Gasteiger charge is -2.30. The van der Waals surface area contributed by atoms with E-state index in [1.54, 1.807) is 22.9 Å². The van der Waals surface area contributed by atoms with E-state index in [0.717, 1.165) is 6.42 Å². The zero-order valence-electron chi connectivity index (χ0n) is 16.4. The topological polar surface area (TPSA) is 68.3 Å². The number of likely N-dealkylation sites (tertiary alicyclic amines) is 1. The Kier molecular flexibility index (Phi) is 5.48. The van der Waals surface area contributed by atoms with E-state index < -0.39 is 11.7 Å². The fourth-order valence-electron chi connectivity index (χ4n) is 3.34. The summed E-state index contributed by atoms with van der Waals surface area (Å²) in [6.07, 6.45) is -0.0882. The number of benzene rings is 1. The van der Waals surface area contributed by atoms with Crippen LogP contribution in [0.5, 0.6) is 11.5 Å². The van der Waals surface area contributed by atoms with Crippen molar-refractivity contribution in [2.75, 3.05) is 33.3 Å². The second-order valence-electron chi connectivity index (χ2n) is 8.16. The van der Waals surface area contributed by atoms with Gasteiger partial charge in [-0.1, -0.05) is 12.1 Å². The van der Waals surface area contributed by atoms with Crippen LogP contribution in [0.1, 0.15) is 27.2 Å². The second-order valence-corrected chi connectivity index (χ2v) is 8.16. The molecule has 2 heterocycles. The third-order valence-corrected chi connectivity index (χ3v) is 4.63. The van der Waals surface area contributed by atoms with Crippen LogP contribution < -0.4 is 9.47 Å². The van der Waals surface area contributed by atoms with Crippen LogP contribution in [0.4, 0.5) is 4.79 Å². The molecule has 27 heavy (non-hydrogen) atoms. The number of hydrogen-bond donors (Lipinski definition) is 0. The van der Waals surface area contributed by atoms with Crippen LogP contribution in [-0.4, -0.2) is 66.8 Å². The van der Waals surface area contributed by atoms with Crippen LogP contribution in [0.25, 0.3) is 0 Å². The van der Waals surface area contributed by atoms with Gasteiger partial charge < -0.3 is 24.0 Å². The molecule has 7 heteroatoms. The van der Waals surface area contributed by atoms with E-state index in [0.29, 0.717) is 31.1 Å². The van der Waals surface area contributed by atoms with Crippen molar-refractivity contribution >= 4 is 12.0 Å². The smallest absolute Gasteiger partial charge is 0.410 e. The average molecular weight is 376 g/mol. The van der Waals surface area contributed by atoms with Gasteiger partial charge in [-0.15, -0.1) is 0 Å². The molecule has 0 spiro atoms. The van der Waals surface area contributed by atoms with Crippen LogP contribution in [0.15, 0.2) is 24.3 Å². The van der Waals surface area contributed by atoms with E-state index in [1.807, 2.05) is 39.0 Å². The predicted molar refractivity (Wildman–Crippen MR) is 99.9 cm³/mol. The van der Waals surface area contributed by atoms with E-state index in [1.165, 1.54) is 0 Å². The zero-order valence-corrected chi connectivity index (χ0v) is 16.4. The number of amides is 2. The van der Waals surface area contributed by atoms with Gasteiger partial charge in [-0.3, -0.25) is 4.79 Å². The highest BCUT2D eigenvalue weighted by Crippen LogP contribution is 2.31. The molecule has 1 saturated heterocycles. The fraction of sp³-hybridized carbons (Fsp3) is 0.600. The number of carbonyl (C=O) groups excluding carboxylic acids is 2. The van der Waals surface area contributed by atoms with Gasteiger partial charge in [-0.05, 0) is 45.2 Å². The summed E-state index contributed by atoms with van der Waals surface area (Å²) in [7, 11) is 1.77. The molecule has 1 fully saturated rings. The van der Waals surface area contributed by atoms with Crippen LogP contribution in [-0.2, 0) is 9.53 Å². The number of likely N-dealkylation sites (N-methyl/N-ethyl adjacent to an activating group) is 1. The molecule has 7 nitrogen and oxygen atoms in total. The summed E-state index contributed by atoms with van der Waals surface area (Å²) in [4.78, 5) is 28.3. The normalized spacial score (nSPS) is 21.7. The van der Waals surface area contributed by atoms with Crippen molar-refractivity contribution in [2.24, 2.45) is 5.92 Å². The number of rotatable bonds is 3. The molecule has 1 aromatic carbocycles. The van der Waals surface area contributed by atoms with E-state index in [9.17, 15) is 9.59 Å². The Balaban J connectivity index is 1.50. The zero-order chi connectivity index (χ0) is 19.6. The Labute approximate surface area is 160 Å². The summed E-state index contributed by atoms with van der Waals surface area (Å²) in [5, 5.41) is 0. The van der Waals surface area contributed by atoms with Crippen molar-refractivity contribution in [3.05, 3.63) is 24.3 Å². The predicted octanol–water partition coefficient (Wildman–Crippen LogP) is 2.54. The van der Waals surface area contributed by atoms with Gasteiger partial charge in [0.1, 0.15) is 12.2 Å². The second kappa shape index (κ2) is 7.66. The minimum atomic E-state index is -0.645. The molecule has 2 aliphatic heterocycles. The third-order valence-electron chi connectivity index (χ3n) is 4.63. The minimum absolute atomic E-state index is 0.111. The highest BCUT2D eigenvalue weighted by Gasteiger charge is 2.34. The number of para-hydroxylation sites is 2. The van der Waals surface area contributed by atoms with Crippen LogP contribution in [0.2, 0.25) is 0 Å². The summed E-state index contributed by atoms with van der Waals surface area (Å²) >= 11 is 0. The lowest BCUT2D eigenvalue weighted by Crippen LogP contribution is -2.46. The van der Waals surface area contributed by atoms with Crippen molar-refractivity contribution < 1.29 is 23.8 Å². The molecule has 2 atom stereocenters. The largest absolute Gasteiger partial charge is 0.485 e. The Morgan fingerprint density at radius 2 is 1.96 bits per heavy atom. The van der Waals surface area contributed by atoms with Gasteiger partial charge in [0.05, 0.1) is 0 Å². The quantitative estimate of drug-likeness (QED) is 0.811. The highest BCUT2D eigenvalue weighted by molar-refractivity contribution is 5.81. The maximum atomic E-state index is 12.7. The van der Waals surface area contributed by atoms with Gasteiger partial charge in [0.2, 0.25) is 6.10 Å². The molecule has 0 saturated carbocycles. The maximum Gasteiger partial charge on any atom is 0.410 e. The first-order valence-corrected chi connectivity index (χ1v) is 9.34. The summed E-state index contributed by atoms with van der Waals surface area (Å²) < 4.78 is 16.8. The van der Waals surface area contributed by atoms with Crippen molar-refractivity contribution in [3.8, 4) is 11.5 Å². The van der Waals surface area contributed by atoms with Crippen molar-refractivity contribution in [1.82, 2.24) is 9.80 Å². The number of carbonyl (C=O) groups is 2. The SMILES string of the molecule is CN(C[C@@H]1CCN(C(=O)OC(C)(C)C)C1)C(=O)[C@H]1COc2ccccc2O1. The lowest BCUT2D eigenvalue weighted by atomic mass is 10.1. The summed E-state index contributed by atoms with van der Waals surface area (Å²) in [5.74, 6) is 1.36. The first kappa shape index (κ1) is 19.3. The van der Waals surface area contributed by atoms with Crippen LogP contribution in [0.3, 0.4) is 0 Å². The van der Waals surface area contributed by atoms with Crippen molar-refractivity contribution in [3.63, 3.8) is 0 Å². The molecule has 148 valence electrons. The molecule has 0 N–H and O–H groups in total.